The molecule has 3 aromatic rings. The summed E-state index contributed by atoms with van der Waals surface area (Å²) in [4.78, 5) is 30.2. The number of nitrogens with zero attached hydrogens (tertiary/aromatic N) is 2. The van der Waals surface area contributed by atoms with Crippen LogP contribution in [0.5, 0.6) is 5.75 Å². The highest BCUT2D eigenvalue weighted by atomic mass is 32.2. The minimum atomic E-state index is -0.0555. The van der Waals surface area contributed by atoms with E-state index in [2.05, 4.69) is 0 Å². The van der Waals surface area contributed by atoms with Gasteiger partial charge in [-0.2, -0.15) is 0 Å². The van der Waals surface area contributed by atoms with Crippen molar-refractivity contribution in [3.8, 4) is 5.75 Å². The summed E-state index contributed by atoms with van der Waals surface area (Å²) >= 11 is 6.80. The molecule has 0 bridgehead atoms. The lowest BCUT2D eigenvalue weighted by Crippen LogP contribution is -2.30. The van der Waals surface area contributed by atoms with Crippen LogP contribution < -0.4 is 9.64 Å². The predicted octanol–water partition coefficient (Wildman–Crippen LogP) is 6.69. The van der Waals surface area contributed by atoms with E-state index in [1.807, 2.05) is 95.9 Å². The standard InChI is InChI=1S/C30H30N2O3S2/c1-35-26-18-16-23(17-19-26)21-27-29(34)31(30(36)37-27)20-10-4-9-15-28(33)32(25-13-7-3-8-14-25)22-24-11-5-2-6-12-24/h2-3,5-8,11-14,16-19,21H,4,9-10,15,20,22H2,1H3. The molecule has 0 unspecified atom stereocenters. The van der Waals surface area contributed by atoms with Gasteiger partial charge in [0.1, 0.15) is 10.1 Å². The minimum absolute atomic E-state index is 0.0555. The SMILES string of the molecule is COc1ccc(C=C2SC(=S)N(CCCCCC(=O)N(Cc3ccccc3)c3ccccc3)C2=O)cc1. The Morgan fingerprint density at radius 2 is 1.62 bits per heavy atom. The molecule has 3 aromatic carbocycles. The number of carbonyl (C=O) groups excluding carboxylic acids is 2. The molecule has 37 heavy (non-hydrogen) atoms. The van der Waals surface area contributed by atoms with E-state index in [4.69, 9.17) is 17.0 Å². The smallest absolute Gasteiger partial charge is 0.266 e. The number of hydrogen-bond donors (Lipinski definition) is 0. The molecule has 0 radical (unpaired) electrons. The summed E-state index contributed by atoms with van der Waals surface area (Å²) in [6, 6.07) is 27.4. The quantitative estimate of drug-likeness (QED) is 0.157. The van der Waals surface area contributed by atoms with Crippen LogP contribution in [0.15, 0.2) is 89.8 Å². The van der Waals surface area contributed by atoms with E-state index in [0.717, 1.165) is 41.8 Å². The van der Waals surface area contributed by atoms with Crippen LogP contribution in [-0.2, 0) is 16.1 Å². The van der Waals surface area contributed by atoms with Gasteiger partial charge in [0, 0.05) is 18.7 Å². The van der Waals surface area contributed by atoms with Crippen molar-refractivity contribution >= 4 is 51.9 Å². The average Bonchev–Trinajstić information content (AvgIpc) is 3.20. The summed E-state index contributed by atoms with van der Waals surface area (Å²) in [7, 11) is 1.63. The Balaban J connectivity index is 1.27. The van der Waals surface area contributed by atoms with Gasteiger partial charge in [-0.25, -0.2) is 0 Å². The molecule has 0 aromatic heterocycles. The Morgan fingerprint density at radius 1 is 0.946 bits per heavy atom. The first kappa shape index (κ1) is 26.6. The van der Waals surface area contributed by atoms with Crippen molar-refractivity contribution < 1.29 is 14.3 Å². The van der Waals surface area contributed by atoms with Crippen LogP contribution in [-0.4, -0.2) is 34.7 Å². The second-order valence-corrected chi connectivity index (χ2v) is 10.4. The molecule has 0 aliphatic carbocycles. The molecule has 5 nitrogen and oxygen atoms in total. The van der Waals surface area contributed by atoms with E-state index in [9.17, 15) is 9.59 Å². The van der Waals surface area contributed by atoms with Crippen molar-refractivity contribution in [3.63, 3.8) is 0 Å². The van der Waals surface area contributed by atoms with Crippen molar-refractivity contribution in [1.82, 2.24) is 4.90 Å². The molecule has 4 rings (SSSR count). The molecule has 0 N–H and O–H groups in total. The molecule has 0 spiro atoms. The van der Waals surface area contributed by atoms with Gasteiger partial charge in [-0.15, -0.1) is 0 Å². The normalized spacial score (nSPS) is 14.3. The molecule has 1 saturated heterocycles. The summed E-state index contributed by atoms with van der Waals surface area (Å²) in [5.74, 6) is 0.818. The molecule has 1 fully saturated rings. The number of methoxy groups -OCH3 is 1. The lowest BCUT2D eigenvalue weighted by atomic mass is 10.1. The number of rotatable bonds is 11. The molecule has 1 heterocycles. The summed E-state index contributed by atoms with van der Waals surface area (Å²) in [5.41, 5.74) is 2.92. The van der Waals surface area contributed by atoms with Gasteiger partial charge in [-0.05, 0) is 54.3 Å². The molecular formula is C30H30N2O3S2. The van der Waals surface area contributed by atoms with Gasteiger partial charge in [0.05, 0.1) is 18.6 Å². The molecule has 190 valence electrons. The molecule has 1 aliphatic heterocycles. The van der Waals surface area contributed by atoms with Crippen LogP contribution in [0.3, 0.4) is 0 Å². The molecule has 0 atom stereocenters. The molecule has 2 amide bonds. The largest absolute Gasteiger partial charge is 0.497 e. The zero-order valence-corrected chi connectivity index (χ0v) is 22.5. The van der Waals surface area contributed by atoms with Crippen LogP contribution in [0.1, 0.15) is 36.8 Å². The third-order valence-corrected chi connectivity index (χ3v) is 7.49. The maximum Gasteiger partial charge on any atom is 0.266 e. The zero-order chi connectivity index (χ0) is 26.0. The second kappa shape index (κ2) is 13.2. The van der Waals surface area contributed by atoms with E-state index < -0.39 is 0 Å². The lowest BCUT2D eigenvalue weighted by molar-refractivity contribution is -0.122. The fourth-order valence-electron chi connectivity index (χ4n) is 4.10. The van der Waals surface area contributed by atoms with Gasteiger partial charge < -0.3 is 9.64 Å². The first-order valence-corrected chi connectivity index (χ1v) is 13.6. The van der Waals surface area contributed by atoms with Crippen LogP contribution in [0.25, 0.3) is 6.08 Å². The third-order valence-electron chi connectivity index (χ3n) is 6.11. The van der Waals surface area contributed by atoms with Crippen molar-refractivity contribution in [3.05, 3.63) is 101 Å². The number of thiocarbonyl (C=S) groups is 1. The van der Waals surface area contributed by atoms with Gasteiger partial charge >= 0.3 is 0 Å². The lowest BCUT2D eigenvalue weighted by Gasteiger charge is -2.23. The van der Waals surface area contributed by atoms with Gasteiger partial charge in [-0.1, -0.05) is 91.1 Å². The van der Waals surface area contributed by atoms with E-state index in [1.54, 1.807) is 12.0 Å². The molecular weight excluding hydrogens is 500 g/mol. The van der Waals surface area contributed by atoms with Gasteiger partial charge in [0.2, 0.25) is 5.91 Å². The first-order valence-electron chi connectivity index (χ1n) is 12.3. The van der Waals surface area contributed by atoms with E-state index >= 15 is 0 Å². The van der Waals surface area contributed by atoms with Gasteiger partial charge in [0.15, 0.2) is 0 Å². The van der Waals surface area contributed by atoms with Crippen LogP contribution in [0, 0.1) is 0 Å². The van der Waals surface area contributed by atoms with E-state index in [-0.39, 0.29) is 11.8 Å². The van der Waals surface area contributed by atoms with Crippen molar-refractivity contribution in [2.45, 2.75) is 32.2 Å². The summed E-state index contributed by atoms with van der Waals surface area (Å²) in [5, 5.41) is 0. The number of ether oxygens (including phenoxy) is 1. The molecule has 7 heteroatoms. The average molecular weight is 531 g/mol. The Morgan fingerprint density at radius 3 is 2.30 bits per heavy atom. The molecule has 1 aliphatic rings. The number of unbranched alkanes of at least 4 members (excludes halogenated alkanes) is 2. The number of para-hydroxylation sites is 1. The van der Waals surface area contributed by atoms with Gasteiger partial charge in [0.25, 0.3) is 5.91 Å². The summed E-state index contributed by atoms with van der Waals surface area (Å²) in [6.45, 7) is 1.10. The number of thioether (sulfide) groups is 1. The molecule has 0 saturated carbocycles. The maximum absolute atomic E-state index is 13.2. The Hall–Kier alpha value is -3.42. The Kier molecular flexibility index (Phi) is 9.52. The number of amides is 2. The highest BCUT2D eigenvalue weighted by molar-refractivity contribution is 8.26. The van der Waals surface area contributed by atoms with Crippen molar-refractivity contribution in [2.75, 3.05) is 18.6 Å². The second-order valence-electron chi connectivity index (χ2n) is 8.72. The number of benzene rings is 3. The van der Waals surface area contributed by atoms with Crippen LogP contribution >= 0.6 is 24.0 Å². The third kappa shape index (κ3) is 7.31. The topological polar surface area (TPSA) is 49.9 Å². The monoisotopic (exact) mass is 530 g/mol. The van der Waals surface area contributed by atoms with Crippen LogP contribution in [0.2, 0.25) is 0 Å². The minimum Gasteiger partial charge on any atom is -0.497 e. The number of anilines is 1. The highest BCUT2D eigenvalue weighted by Gasteiger charge is 2.31. The van der Waals surface area contributed by atoms with E-state index in [0.29, 0.717) is 28.7 Å². The van der Waals surface area contributed by atoms with Crippen molar-refractivity contribution in [1.29, 1.82) is 0 Å². The Labute approximate surface area is 228 Å². The first-order chi connectivity index (χ1) is 18.0. The zero-order valence-electron chi connectivity index (χ0n) is 20.8. The maximum atomic E-state index is 13.2. The fourth-order valence-corrected chi connectivity index (χ4v) is 5.41. The van der Waals surface area contributed by atoms with Crippen LogP contribution in [0.4, 0.5) is 5.69 Å². The van der Waals surface area contributed by atoms with E-state index in [1.165, 1.54) is 11.8 Å². The van der Waals surface area contributed by atoms with Crippen molar-refractivity contribution in [2.24, 2.45) is 0 Å². The summed E-state index contributed by atoms with van der Waals surface area (Å²) in [6.07, 6.45) is 4.71. The van der Waals surface area contributed by atoms with Gasteiger partial charge in [-0.3, -0.25) is 14.5 Å². The number of carbonyl (C=O) groups is 2. The Bertz CT molecular complexity index is 1240. The summed E-state index contributed by atoms with van der Waals surface area (Å²) < 4.78 is 5.77. The highest BCUT2D eigenvalue weighted by Crippen LogP contribution is 2.33. The predicted molar refractivity (Wildman–Crippen MR) is 155 cm³/mol. The fraction of sp³-hybridized carbons (Fsp3) is 0.233. The number of hydrogen-bond acceptors (Lipinski definition) is 5.